The van der Waals surface area contributed by atoms with Gasteiger partial charge < -0.3 is 5.73 Å². The predicted molar refractivity (Wildman–Crippen MR) is 39.9 cm³/mol. The molecule has 0 aliphatic carbocycles. The molecule has 0 amide bonds. The summed E-state index contributed by atoms with van der Waals surface area (Å²) in [6, 6.07) is 0. The Morgan fingerprint density at radius 3 is 2.25 bits per heavy atom. The lowest BCUT2D eigenvalue weighted by Gasteiger charge is -1.88. The highest BCUT2D eigenvalue weighted by molar-refractivity contribution is 7.84. The first-order valence-electron chi connectivity index (χ1n) is 2.27. The van der Waals surface area contributed by atoms with Crippen LogP contribution in [0.25, 0.3) is 0 Å². The largest absolute Gasteiger partial charge is 0.330 e. The molecule has 0 aromatic rings. The number of halogens is 1. The van der Waals surface area contributed by atoms with E-state index in [1.54, 1.807) is 6.26 Å². The Kier molecular flexibility index (Phi) is 10.4. The lowest BCUT2D eigenvalue weighted by molar-refractivity contribution is 0.684. The summed E-state index contributed by atoms with van der Waals surface area (Å²) in [4.78, 5) is 0. The van der Waals surface area contributed by atoms with Crippen molar-refractivity contribution >= 4 is 23.2 Å². The summed E-state index contributed by atoms with van der Waals surface area (Å²) < 4.78 is 10.3. The molecule has 0 aliphatic heterocycles. The molecule has 2 N–H and O–H groups in total. The quantitative estimate of drug-likeness (QED) is 0.633. The van der Waals surface area contributed by atoms with Crippen molar-refractivity contribution in [1.82, 2.24) is 0 Å². The highest BCUT2D eigenvalue weighted by atomic mass is 35.5. The van der Waals surface area contributed by atoms with Crippen molar-refractivity contribution in [2.45, 2.75) is 6.42 Å². The molecule has 0 rings (SSSR count). The maximum atomic E-state index is 10.3. The Hall–Kier alpha value is 0.400. The van der Waals surface area contributed by atoms with Crippen molar-refractivity contribution in [3.8, 4) is 0 Å². The van der Waals surface area contributed by atoms with Gasteiger partial charge in [-0.25, -0.2) is 0 Å². The third-order valence-corrected chi connectivity index (χ3v) is 1.50. The topological polar surface area (TPSA) is 43.1 Å². The molecule has 1 atom stereocenters. The zero-order chi connectivity index (χ0) is 5.70. The van der Waals surface area contributed by atoms with Crippen molar-refractivity contribution < 1.29 is 4.21 Å². The zero-order valence-corrected chi connectivity index (χ0v) is 6.56. The van der Waals surface area contributed by atoms with Gasteiger partial charge in [0.05, 0.1) is 0 Å². The average molecular weight is 158 g/mol. The van der Waals surface area contributed by atoms with E-state index in [-0.39, 0.29) is 12.4 Å². The van der Waals surface area contributed by atoms with E-state index in [0.29, 0.717) is 6.54 Å². The van der Waals surface area contributed by atoms with Gasteiger partial charge in [0.2, 0.25) is 0 Å². The number of rotatable bonds is 3. The van der Waals surface area contributed by atoms with Gasteiger partial charge in [0, 0.05) is 22.8 Å². The molecule has 0 fully saturated rings. The van der Waals surface area contributed by atoms with E-state index in [1.165, 1.54) is 0 Å². The van der Waals surface area contributed by atoms with Gasteiger partial charge in [0.1, 0.15) is 0 Å². The minimum atomic E-state index is -0.645. The van der Waals surface area contributed by atoms with Gasteiger partial charge in [-0.15, -0.1) is 12.4 Å². The Bertz CT molecular complexity index is 69.1. The third-order valence-electron chi connectivity index (χ3n) is 0.636. The van der Waals surface area contributed by atoms with Crippen LogP contribution in [0.1, 0.15) is 6.42 Å². The molecular weight excluding hydrogens is 146 g/mol. The molecule has 0 radical (unpaired) electrons. The second kappa shape index (κ2) is 7.40. The van der Waals surface area contributed by atoms with E-state index in [4.69, 9.17) is 5.73 Å². The third kappa shape index (κ3) is 9.64. The maximum Gasteiger partial charge on any atom is 0.0244 e. The monoisotopic (exact) mass is 157 g/mol. The van der Waals surface area contributed by atoms with Crippen LogP contribution < -0.4 is 5.73 Å². The lowest BCUT2D eigenvalue weighted by atomic mass is 10.5. The number of hydrogen-bond donors (Lipinski definition) is 1. The van der Waals surface area contributed by atoms with E-state index >= 15 is 0 Å². The van der Waals surface area contributed by atoms with E-state index in [2.05, 4.69) is 0 Å². The molecule has 52 valence electrons. The van der Waals surface area contributed by atoms with Crippen molar-refractivity contribution in [1.29, 1.82) is 0 Å². The summed E-state index contributed by atoms with van der Waals surface area (Å²) in [5.41, 5.74) is 5.14. The fourth-order valence-corrected chi connectivity index (χ4v) is 0.860. The highest BCUT2D eigenvalue weighted by Gasteiger charge is 1.85. The molecule has 0 heterocycles. The fourth-order valence-electron chi connectivity index (χ4n) is 0.287. The SMILES string of the molecule is CS(=O)CCCN.Cl. The van der Waals surface area contributed by atoms with E-state index < -0.39 is 10.8 Å². The van der Waals surface area contributed by atoms with Gasteiger partial charge >= 0.3 is 0 Å². The van der Waals surface area contributed by atoms with Gasteiger partial charge in [-0.05, 0) is 13.0 Å². The average Bonchev–Trinajstić information content (AvgIpc) is 1.61. The van der Waals surface area contributed by atoms with Gasteiger partial charge in [-0.2, -0.15) is 0 Å². The molecule has 0 aromatic heterocycles. The van der Waals surface area contributed by atoms with Gasteiger partial charge in [-0.1, -0.05) is 0 Å². The van der Waals surface area contributed by atoms with Crippen LogP contribution in [-0.2, 0) is 10.8 Å². The van der Waals surface area contributed by atoms with Crippen LogP contribution in [0.2, 0.25) is 0 Å². The Balaban J connectivity index is 0. The Labute approximate surface area is 58.7 Å². The van der Waals surface area contributed by atoms with Crippen LogP contribution in [-0.4, -0.2) is 22.8 Å². The highest BCUT2D eigenvalue weighted by Crippen LogP contribution is 1.77. The Morgan fingerprint density at radius 1 is 1.62 bits per heavy atom. The van der Waals surface area contributed by atoms with Crippen molar-refractivity contribution in [3.05, 3.63) is 0 Å². The molecule has 0 saturated carbocycles. The normalized spacial score (nSPS) is 12.2. The van der Waals surface area contributed by atoms with Crippen molar-refractivity contribution in [3.63, 3.8) is 0 Å². The molecule has 2 nitrogen and oxygen atoms in total. The summed E-state index contributed by atoms with van der Waals surface area (Å²) in [7, 11) is -0.645. The minimum Gasteiger partial charge on any atom is -0.330 e. The summed E-state index contributed by atoms with van der Waals surface area (Å²) in [5, 5.41) is 0. The van der Waals surface area contributed by atoms with Crippen LogP contribution in [0, 0.1) is 0 Å². The Morgan fingerprint density at radius 2 is 2.12 bits per heavy atom. The smallest absolute Gasteiger partial charge is 0.0244 e. The van der Waals surface area contributed by atoms with Gasteiger partial charge in [0.25, 0.3) is 0 Å². The summed E-state index contributed by atoms with van der Waals surface area (Å²) in [5.74, 6) is 0.747. The molecule has 1 unspecified atom stereocenters. The lowest BCUT2D eigenvalue weighted by Crippen LogP contribution is -2.04. The van der Waals surface area contributed by atoms with E-state index in [0.717, 1.165) is 12.2 Å². The molecule has 0 aliphatic rings. The summed E-state index contributed by atoms with van der Waals surface area (Å²) >= 11 is 0. The standard InChI is InChI=1S/C4H11NOS.ClH/c1-7(6)4-2-3-5;/h2-5H2,1H3;1H. The molecule has 8 heavy (non-hydrogen) atoms. The summed E-state index contributed by atoms with van der Waals surface area (Å²) in [6.07, 6.45) is 2.57. The summed E-state index contributed by atoms with van der Waals surface area (Å²) in [6.45, 7) is 0.652. The molecular formula is C4H12ClNOS. The second-order valence-electron chi connectivity index (χ2n) is 1.42. The van der Waals surface area contributed by atoms with Crippen LogP contribution in [0.4, 0.5) is 0 Å². The van der Waals surface area contributed by atoms with Crippen molar-refractivity contribution in [2.75, 3.05) is 18.6 Å². The minimum absolute atomic E-state index is 0. The predicted octanol–water partition coefficient (Wildman–Crippen LogP) is 0.136. The molecule has 4 heteroatoms. The molecule has 0 aromatic carbocycles. The van der Waals surface area contributed by atoms with Crippen LogP contribution >= 0.6 is 12.4 Å². The first kappa shape index (κ1) is 11.2. The van der Waals surface area contributed by atoms with Crippen LogP contribution in [0.3, 0.4) is 0 Å². The van der Waals surface area contributed by atoms with Gasteiger partial charge in [0.15, 0.2) is 0 Å². The molecule has 0 spiro atoms. The number of hydrogen-bond acceptors (Lipinski definition) is 2. The molecule has 0 saturated heterocycles. The maximum absolute atomic E-state index is 10.3. The second-order valence-corrected chi connectivity index (χ2v) is 2.97. The number of nitrogens with two attached hydrogens (primary N) is 1. The fraction of sp³-hybridized carbons (Fsp3) is 1.00. The van der Waals surface area contributed by atoms with Crippen LogP contribution in [0.15, 0.2) is 0 Å². The molecule has 0 bridgehead atoms. The first-order valence-corrected chi connectivity index (χ1v) is 4.00. The van der Waals surface area contributed by atoms with Gasteiger partial charge in [-0.3, -0.25) is 4.21 Å². The first-order chi connectivity index (χ1) is 3.27. The zero-order valence-electron chi connectivity index (χ0n) is 4.92. The van der Waals surface area contributed by atoms with Crippen LogP contribution in [0.5, 0.6) is 0 Å². The van der Waals surface area contributed by atoms with E-state index in [1.807, 2.05) is 0 Å². The van der Waals surface area contributed by atoms with Crippen molar-refractivity contribution in [2.24, 2.45) is 5.73 Å². The van der Waals surface area contributed by atoms with E-state index in [9.17, 15) is 4.21 Å².